The van der Waals surface area contributed by atoms with E-state index in [-0.39, 0.29) is 5.82 Å². The van der Waals surface area contributed by atoms with E-state index in [1.807, 2.05) is 6.07 Å². The Balaban J connectivity index is 1.83. The van der Waals surface area contributed by atoms with E-state index in [2.05, 4.69) is 10.1 Å². The summed E-state index contributed by atoms with van der Waals surface area (Å²) >= 11 is 5.75. The molecule has 0 bridgehead atoms. The molecule has 0 spiro atoms. The maximum atomic E-state index is 8.55. The Morgan fingerprint density at radius 1 is 1.35 bits per heavy atom. The second-order valence-corrected chi connectivity index (χ2v) is 3.68. The lowest BCUT2D eigenvalue weighted by atomic mass is 10.3. The SMILES string of the molecule is N#Cc1ncn(CCOc2ccc(Cl)cc2)n1. The van der Waals surface area contributed by atoms with Gasteiger partial charge in [-0.1, -0.05) is 11.6 Å². The topological polar surface area (TPSA) is 63.7 Å². The van der Waals surface area contributed by atoms with Crippen LogP contribution in [0, 0.1) is 11.3 Å². The third-order valence-corrected chi connectivity index (χ3v) is 2.29. The first-order valence-electron chi connectivity index (χ1n) is 4.96. The van der Waals surface area contributed by atoms with Crippen molar-refractivity contribution in [2.24, 2.45) is 0 Å². The number of hydrogen-bond acceptors (Lipinski definition) is 4. The molecule has 0 aliphatic heterocycles. The van der Waals surface area contributed by atoms with Crippen molar-refractivity contribution in [2.75, 3.05) is 6.61 Å². The molecule has 0 amide bonds. The van der Waals surface area contributed by atoms with Crippen molar-refractivity contribution in [1.82, 2.24) is 14.8 Å². The molecular formula is C11H9ClN4O. The largest absolute Gasteiger partial charge is 0.492 e. The lowest BCUT2D eigenvalue weighted by Crippen LogP contribution is -2.08. The molecule has 0 fully saturated rings. The van der Waals surface area contributed by atoms with E-state index in [4.69, 9.17) is 21.6 Å². The van der Waals surface area contributed by atoms with Crippen LogP contribution in [0.3, 0.4) is 0 Å². The van der Waals surface area contributed by atoms with Crippen molar-refractivity contribution in [3.05, 3.63) is 41.4 Å². The Morgan fingerprint density at radius 3 is 2.76 bits per heavy atom. The molecule has 17 heavy (non-hydrogen) atoms. The molecule has 0 saturated carbocycles. The summed E-state index contributed by atoms with van der Waals surface area (Å²) in [6.07, 6.45) is 1.50. The summed E-state index contributed by atoms with van der Waals surface area (Å²) in [4.78, 5) is 3.79. The molecule has 2 rings (SSSR count). The van der Waals surface area contributed by atoms with Crippen LogP contribution in [0.2, 0.25) is 5.02 Å². The monoisotopic (exact) mass is 248 g/mol. The van der Waals surface area contributed by atoms with Crippen LogP contribution in [-0.4, -0.2) is 21.4 Å². The number of benzene rings is 1. The molecule has 0 aliphatic rings. The molecule has 0 radical (unpaired) electrons. The summed E-state index contributed by atoms with van der Waals surface area (Å²) in [5.74, 6) is 0.909. The first-order valence-corrected chi connectivity index (χ1v) is 5.33. The number of aromatic nitrogens is 3. The average molecular weight is 249 g/mol. The second kappa shape index (κ2) is 5.32. The van der Waals surface area contributed by atoms with Crippen LogP contribution in [0.15, 0.2) is 30.6 Å². The van der Waals surface area contributed by atoms with Gasteiger partial charge < -0.3 is 4.74 Å². The Bertz CT molecular complexity index is 529. The number of halogens is 1. The molecule has 1 aromatic heterocycles. The Morgan fingerprint density at radius 2 is 2.12 bits per heavy atom. The van der Waals surface area contributed by atoms with Crippen molar-refractivity contribution in [2.45, 2.75) is 6.54 Å². The average Bonchev–Trinajstić information content (AvgIpc) is 2.80. The van der Waals surface area contributed by atoms with Crippen molar-refractivity contribution in [1.29, 1.82) is 5.26 Å². The fourth-order valence-corrected chi connectivity index (χ4v) is 1.37. The van der Waals surface area contributed by atoms with Gasteiger partial charge >= 0.3 is 0 Å². The van der Waals surface area contributed by atoms with Gasteiger partial charge in [-0.05, 0) is 24.3 Å². The van der Waals surface area contributed by atoms with Crippen molar-refractivity contribution in [3.8, 4) is 11.8 Å². The maximum Gasteiger partial charge on any atom is 0.252 e. The Labute approximate surface area is 103 Å². The molecule has 1 heterocycles. The lowest BCUT2D eigenvalue weighted by Gasteiger charge is -2.05. The fraction of sp³-hybridized carbons (Fsp3) is 0.182. The zero-order valence-electron chi connectivity index (χ0n) is 8.88. The lowest BCUT2D eigenvalue weighted by molar-refractivity contribution is 0.291. The zero-order chi connectivity index (χ0) is 12.1. The van der Waals surface area contributed by atoms with Gasteiger partial charge in [0.25, 0.3) is 5.82 Å². The molecule has 0 saturated heterocycles. The quantitative estimate of drug-likeness (QED) is 0.829. The van der Waals surface area contributed by atoms with Crippen LogP contribution >= 0.6 is 11.6 Å². The summed E-state index contributed by atoms with van der Waals surface area (Å²) < 4.78 is 7.04. The van der Waals surface area contributed by atoms with E-state index >= 15 is 0 Å². The summed E-state index contributed by atoms with van der Waals surface area (Å²) in [5, 5.41) is 13.1. The van der Waals surface area contributed by atoms with Gasteiger partial charge in [-0.3, -0.25) is 0 Å². The highest BCUT2D eigenvalue weighted by Gasteiger charge is 1.99. The van der Waals surface area contributed by atoms with Crippen LogP contribution in [0.25, 0.3) is 0 Å². The Hall–Kier alpha value is -2.06. The second-order valence-electron chi connectivity index (χ2n) is 3.25. The van der Waals surface area contributed by atoms with Crippen LogP contribution in [0.1, 0.15) is 5.82 Å². The van der Waals surface area contributed by atoms with E-state index in [1.54, 1.807) is 28.9 Å². The van der Waals surface area contributed by atoms with E-state index in [0.717, 1.165) is 5.75 Å². The third kappa shape index (κ3) is 3.20. The summed E-state index contributed by atoms with van der Waals surface area (Å²) in [6, 6.07) is 8.98. The highest BCUT2D eigenvalue weighted by molar-refractivity contribution is 6.30. The molecule has 1 aromatic carbocycles. The number of hydrogen-bond donors (Lipinski definition) is 0. The standard InChI is InChI=1S/C11H9ClN4O/c12-9-1-3-10(4-2-9)17-6-5-16-8-14-11(7-13)15-16/h1-4,8H,5-6H2. The van der Waals surface area contributed by atoms with Gasteiger partial charge in [0.2, 0.25) is 0 Å². The van der Waals surface area contributed by atoms with Crippen molar-refractivity contribution < 1.29 is 4.74 Å². The molecule has 0 atom stereocenters. The summed E-state index contributed by atoms with van der Waals surface area (Å²) in [7, 11) is 0. The molecule has 2 aromatic rings. The Kier molecular flexibility index (Phi) is 3.58. The number of nitrogens with zero attached hydrogens (tertiary/aromatic N) is 4. The summed E-state index contributed by atoms with van der Waals surface area (Å²) in [5.41, 5.74) is 0. The van der Waals surface area contributed by atoms with Gasteiger partial charge in [-0.25, -0.2) is 9.67 Å². The highest BCUT2D eigenvalue weighted by atomic mass is 35.5. The van der Waals surface area contributed by atoms with Crippen LogP contribution in [-0.2, 0) is 6.54 Å². The number of nitriles is 1. The molecule has 5 nitrogen and oxygen atoms in total. The van der Waals surface area contributed by atoms with E-state index < -0.39 is 0 Å². The highest BCUT2D eigenvalue weighted by Crippen LogP contribution is 2.15. The molecular weight excluding hydrogens is 240 g/mol. The van der Waals surface area contributed by atoms with E-state index in [1.165, 1.54) is 6.33 Å². The minimum atomic E-state index is 0.163. The number of rotatable bonds is 4. The smallest absolute Gasteiger partial charge is 0.252 e. The van der Waals surface area contributed by atoms with Gasteiger partial charge in [-0.15, -0.1) is 5.10 Å². The van der Waals surface area contributed by atoms with Gasteiger partial charge in [0, 0.05) is 5.02 Å². The van der Waals surface area contributed by atoms with Crippen molar-refractivity contribution in [3.63, 3.8) is 0 Å². The first-order chi connectivity index (χ1) is 8.28. The molecule has 6 heteroatoms. The number of ether oxygens (including phenoxy) is 1. The van der Waals surface area contributed by atoms with E-state index in [0.29, 0.717) is 18.2 Å². The van der Waals surface area contributed by atoms with Gasteiger partial charge in [0.05, 0.1) is 6.54 Å². The maximum absolute atomic E-state index is 8.55. The van der Waals surface area contributed by atoms with E-state index in [9.17, 15) is 0 Å². The van der Waals surface area contributed by atoms with Crippen molar-refractivity contribution >= 4 is 11.6 Å². The minimum absolute atomic E-state index is 0.163. The van der Waals surface area contributed by atoms with Gasteiger partial charge in [0.1, 0.15) is 24.8 Å². The van der Waals surface area contributed by atoms with Crippen LogP contribution < -0.4 is 4.74 Å². The predicted octanol–water partition coefficient (Wildman–Crippen LogP) is 1.88. The molecule has 86 valence electrons. The van der Waals surface area contributed by atoms with Gasteiger partial charge in [0.15, 0.2) is 0 Å². The normalized spacial score (nSPS) is 9.88. The van der Waals surface area contributed by atoms with Crippen LogP contribution in [0.5, 0.6) is 5.75 Å². The minimum Gasteiger partial charge on any atom is -0.492 e. The predicted molar refractivity (Wildman–Crippen MR) is 61.7 cm³/mol. The molecule has 0 N–H and O–H groups in total. The fourth-order valence-electron chi connectivity index (χ4n) is 1.24. The molecule has 0 unspecified atom stereocenters. The van der Waals surface area contributed by atoms with Crippen LogP contribution in [0.4, 0.5) is 0 Å². The zero-order valence-corrected chi connectivity index (χ0v) is 9.63. The third-order valence-electron chi connectivity index (χ3n) is 2.04. The molecule has 0 aliphatic carbocycles. The van der Waals surface area contributed by atoms with Gasteiger partial charge in [-0.2, -0.15) is 5.26 Å². The first kappa shape index (κ1) is 11.4. The summed E-state index contributed by atoms with van der Waals surface area (Å²) in [6.45, 7) is 0.993.